The zero-order chi connectivity index (χ0) is 30.2. The first-order valence-corrected chi connectivity index (χ1v) is 14.2. The summed E-state index contributed by atoms with van der Waals surface area (Å²) < 4.78 is 10.0. The third-order valence-electron chi connectivity index (χ3n) is 7.23. The second-order valence-electron chi connectivity index (χ2n) is 10.2. The van der Waals surface area contributed by atoms with Crippen molar-refractivity contribution in [2.24, 2.45) is 0 Å². The van der Waals surface area contributed by atoms with Crippen LogP contribution in [0.25, 0.3) is 0 Å². The lowest BCUT2D eigenvalue weighted by Crippen LogP contribution is -2.13. The summed E-state index contributed by atoms with van der Waals surface area (Å²) in [5.74, 6) is -0.521. The number of ether oxygens (including phenoxy) is 2. The van der Waals surface area contributed by atoms with Gasteiger partial charge in [0.25, 0.3) is 0 Å². The molecule has 6 heteroatoms. The lowest BCUT2D eigenvalue weighted by molar-refractivity contribution is -0.144. The van der Waals surface area contributed by atoms with Crippen LogP contribution in [0.15, 0.2) is 127 Å². The summed E-state index contributed by atoms with van der Waals surface area (Å²) in [5, 5.41) is 0. The Morgan fingerprint density at radius 2 is 0.930 bits per heavy atom. The Morgan fingerprint density at radius 3 is 1.42 bits per heavy atom. The van der Waals surface area contributed by atoms with E-state index in [0.717, 1.165) is 34.1 Å². The predicted molar refractivity (Wildman–Crippen MR) is 172 cm³/mol. The molecule has 0 unspecified atom stereocenters. The van der Waals surface area contributed by atoms with Crippen molar-refractivity contribution in [3.05, 3.63) is 139 Å². The Labute approximate surface area is 252 Å². The maximum Gasteiger partial charge on any atom is 0.311 e. The van der Waals surface area contributed by atoms with Gasteiger partial charge < -0.3 is 19.3 Å². The third kappa shape index (κ3) is 7.11. The maximum absolute atomic E-state index is 12.2. The van der Waals surface area contributed by atoms with E-state index in [4.69, 9.17) is 4.74 Å². The molecule has 0 aliphatic rings. The fourth-order valence-electron chi connectivity index (χ4n) is 4.82. The van der Waals surface area contributed by atoms with Crippen LogP contribution in [0.4, 0.5) is 34.1 Å². The Hall–Kier alpha value is -5.36. The number of rotatable bonds is 10. The maximum atomic E-state index is 12.2. The van der Waals surface area contributed by atoms with E-state index in [-0.39, 0.29) is 12.8 Å². The summed E-state index contributed by atoms with van der Waals surface area (Å²) in [5.41, 5.74) is 8.59. The van der Waals surface area contributed by atoms with Gasteiger partial charge in [0.1, 0.15) is 5.75 Å². The minimum Gasteiger partial charge on any atom is -0.469 e. The number of para-hydroxylation sites is 2. The number of carbonyl (C=O) groups excluding carboxylic acids is 2. The van der Waals surface area contributed by atoms with Crippen molar-refractivity contribution in [2.75, 3.05) is 16.9 Å². The summed E-state index contributed by atoms with van der Waals surface area (Å²) in [6, 6.07) is 42.8. The summed E-state index contributed by atoms with van der Waals surface area (Å²) in [6.45, 7) is 4.26. The van der Waals surface area contributed by atoms with Gasteiger partial charge in [0.15, 0.2) is 0 Å². The van der Waals surface area contributed by atoms with Crippen LogP contribution in [0.5, 0.6) is 5.75 Å². The van der Waals surface area contributed by atoms with E-state index in [2.05, 4.69) is 107 Å². The van der Waals surface area contributed by atoms with Crippen LogP contribution in [0.2, 0.25) is 0 Å². The number of nitrogens with zero attached hydrogens (tertiary/aromatic N) is 2. The fraction of sp³-hybridized carbons (Fsp3) is 0.135. The molecule has 43 heavy (non-hydrogen) atoms. The molecule has 0 spiro atoms. The SMILES string of the molecule is COC(=O)CCC(=O)Oc1ccc(N(c2ccccc2)c2ccc(N(c3ccccc3)c3ccc(C)c(C)c3)cc2)cc1. The van der Waals surface area contributed by atoms with Crippen molar-refractivity contribution in [2.45, 2.75) is 26.7 Å². The molecule has 0 aliphatic carbocycles. The van der Waals surface area contributed by atoms with Crippen LogP contribution in [-0.2, 0) is 14.3 Å². The molecule has 0 aliphatic heterocycles. The van der Waals surface area contributed by atoms with Crippen molar-refractivity contribution in [1.82, 2.24) is 0 Å². The highest BCUT2D eigenvalue weighted by Crippen LogP contribution is 2.39. The lowest BCUT2D eigenvalue weighted by Gasteiger charge is -2.28. The first-order valence-electron chi connectivity index (χ1n) is 14.2. The molecule has 5 rings (SSSR count). The van der Waals surface area contributed by atoms with Crippen LogP contribution in [0.1, 0.15) is 24.0 Å². The highest BCUT2D eigenvalue weighted by Gasteiger charge is 2.17. The standard InChI is InChI=1S/C37H34N2O4/c1-27-14-15-34(26-28(27)2)39(30-12-8-5-9-13-30)32-18-16-31(17-19-32)38(29-10-6-4-7-11-29)33-20-22-35(23-21-33)43-37(41)25-24-36(40)42-3/h4-23,26H,24-25H2,1-3H3. The van der Waals surface area contributed by atoms with Gasteiger partial charge in [0.05, 0.1) is 20.0 Å². The first-order chi connectivity index (χ1) is 20.9. The number of hydrogen-bond donors (Lipinski definition) is 0. The molecule has 0 N–H and O–H groups in total. The van der Waals surface area contributed by atoms with Crippen LogP contribution in [0, 0.1) is 13.8 Å². The first kappa shape index (κ1) is 29.1. The summed E-state index contributed by atoms with van der Waals surface area (Å²) in [6.07, 6.45) is -0.0600. The van der Waals surface area contributed by atoms with Gasteiger partial charge in [-0.1, -0.05) is 42.5 Å². The zero-order valence-corrected chi connectivity index (χ0v) is 24.6. The summed E-state index contributed by atoms with van der Waals surface area (Å²) >= 11 is 0. The summed E-state index contributed by atoms with van der Waals surface area (Å²) in [7, 11) is 1.29. The van der Waals surface area contributed by atoms with Crippen molar-refractivity contribution < 1.29 is 19.1 Å². The van der Waals surface area contributed by atoms with E-state index >= 15 is 0 Å². The van der Waals surface area contributed by atoms with Gasteiger partial charge in [0, 0.05) is 34.1 Å². The van der Waals surface area contributed by atoms with E-state index in [9.17, 15) is 9.59 Å². The number of hydrogen-bond acceptors (Lipinski definition) is 6. The van der Waals surface area contributed by atoms with Gasteiger partial charge >= 0.3 is 11.9 Å². The molecule has 0 heterocycles. The Morgan fingerprint density at radius 1 is 0.512 bits per heavy atom. The second kappa shape index (κ2) is 13.5. The van der Waals surface area contributed by atoms with Crippen molar-refractivity contribution in [3.8, 4) is 5.75 Å². The monoisotopic (exact) mass is 570 g/mol. The molecule has 0 aromatic heterocycles. The normalized spacial score (nSPS) is 10.6. The molecule has 0 amide bonds. The molecule has 0 radical (unpaired) electrons. The predicted octanol–water partition coefficient (Wildman–Crippen LogP) is 9.10. The zero-order valence-electron chi connectivity index (χ0n) is 24.6. The van der Waals surface area contributed by atoms with E-state index in [1.54, 1.807) is 12.1 Å². The molecule has 0 bridgehead atoms. The smallest absolute Gasteiger partial charge is 0.311 e. The van der Waals surface area contributed by atoms with Crippen LogP contribution in [0.3, 0.4) is 0 Å². The molecule has 0 atom stereocenters. The van der Waals surface area contributed by atoms with E-state index in [1.165, 1.54) is 18.2 Å². The van der Waals surface area contributed by atoms with E-state index in [0.29, 0.717) is 5.75 Å². The molecule has 0 saturated carbocycles. The molecule has 0 fully saturated rings. The number of esters is 2. The Bertz CT molecular complexity index is 1670. The van der Waals surface area contributed by atoms with Crippen LogP contribution in [-0.4, -0.2) is 19.0 Å². The van der Waals surface area contributed by atoms with Crippen molar-refractivity contribution >= 4 is 46.1 Å². The molecule has 5 aromatic carbocycles. The molecule has 5 aromatic rings. The number of benzene rings is 5. The largest absolute Gasteiger partial charge is 0.469 e. The minimum atomic E-state index is -0.486. The molecule has 0 saturated heterocycles. The third-order valence-corrected chi connectivity index (χ3v) is 7.23. The number of aryl methyl sites for hydroxylation is 2. The minimum absolute atomic E-state index is 0.0174. The van der Waals surface area contributed by atoms with Gasteiger partial charge in [-0.05, 0) is 110 Å². The van der Waals surface area contributed by atoms with E-state index < -0.39 is 11.9 Å². The number of carbonyl (C=O) groups is 2. The van der Waals surface area contributed by atoms with Crippen molar-refractivity contribution in [1.29, 1.82) is 0 Å². The number of anilines is 6. The molecule has 6 nitrogen and oxygen atoms in total. The van der Waals surface area contributed by atoms with Gasteiger partial charge in [-0.15, -0.1) is 0 Å². The van der Waals surface area contributed by atoms with Gasteiger partial charge in [-0.25, -0.2) is 0 Å². The average molecular weight is 571 g/mol. The molecular weight excluding hydrogens is 536 g/mol. The van der Waals surface area contributed by atoms with Crippen LogP contribution >= 0.6 is 0 Å². The lowest BCUT2D eigenvalue weighted by atomic mass is 10.1. The Kier molecular flexibility index (Phi) is 9.17. The highest BCUT2D eigenvalue weighted by atomic mass is 16.5. The Balaban J connectivity index is 1.45. The molecular formula is C37H34N2O4. The molecule has 216 valence electrons. The summed E-state index contributed by atoms with van der Waals surface area (Å²) in [4.78, 5) is 27.9. The van der Waals surface area contributed by atoms with Gasteiger partial charge in [0.2, 0.25) is 0 Å². The fourth-order valence-corrected chi connectivity index (χ4v) is 4.82. The quantitative estimate of drug-likeness (QED) is 0.123. The van der Waals surface area contributed by atoms with Crippen molar-refractivity contribution in [3.63, 3.8) is 0 Å². The topological polar surface area (TPSA) is 59.1 Å². The highest BCUT2D eigenvalue weighted by molar-refractivity contribution is 5.82. The van der Waals surface area contributed by atoms with E-state index in [1.807, 2.05) is 36.4 Å². The van der Waals surface area contributed by atoms with Crippen LogP contribution < -0.4 is 14.5 Å². The van der Waals surface area contributed by atoms with Gasteiger partial charge in [-0.2, -0.15) is 0 Å². The second-order valence-corrected chi connectivity index (χ2v) is 10.2. The average Bonchev–Trinajstić information content (AvgIpc) is 3.04. The van der Waals surface area contributed by atoms with Gasteiger partial charge in [-0.3, -0.25) is 9.59 Å². The number of methoxy groups -OCH3 is 1.